The summed E-state index contributed by atoms with van der Waals surface area (Å²) in [6.45, 7) is 1.66. The second-order valence-corrected chi connectivity index (χ2v) is 5.37. The van der Waals surface area contributed by atoms with Gasteiger partial charge < -0.3 is 10.1 Å². The first-order valence-electron chi connectivity index (χ1n) is 7.51. The zero-order chi connectivity index (χ0) is 17.1. The number of nitrogens with zero attached hydrogens (tertiary/aromatic N) is 2. The van der Waals surface area contributed by atoms with Crippen LogP contribution in [0.25, 0.3) is 10.9 Å². The molecule has 122 valence electrons. The number of carbonyl (C=O) groups excluding carboxylic acids is 1. The highest BCUT2D eigenvalue weighted by atomic mass is 16.5. The first-order chi connectivity index (χ1) is 11.6. The van der Waals surface area contributed by atoms with Crippen LogP contribution in [0, 0.1) is 0 Å². The number of methoxy groups -OCH3 is 1. The fourth-order valence-electron chi connectivity index (χ4n) is 2.43. The maximum absolute atomic E-state index is 12.6. The molecule has 6 heteroatoms. The van der Waals surface area contributed by atoms with Gasteiger partial charge >= 0.3 is 0 Å². The average molecular weight is 323 g/mol. The van der Waals surface area contributed by atoms with Gasteiger partial charge in [0.1, 0.15) is 11.8 Å². The van der Waals surface area contributed by atoms with Gasteiger partial charge in [-0.05, 0) is 31.2 Å². The van der Waals surface area contributed by atoms with Crippen molar-refractivity contribution in [3.05, 3.63) is 65.2 Å². The second kappa shape index (κ2) is 6.54. The molecule has 1 heterocycles. The molecule has 0 aliphatic carbocycles. The minimum Gasteiger partial charge on any atom is -0.497 e. The minimum atomic E-state index is -0.694. The van der Waals surface area contributed by atoms with Gasteiger partial charge in [0.25, 0.3) is 5.56 Å². The maximum Gasteiger partial charge on any atom is 0.261 e. The van der Waals surface area contributed by atoms with Crippen molar-refractivity contribution in [1.82, 2.24) is 9.55 Å². The molecule has 0 bridgehead atoms. The van der Waals surface area contributed by atoms with Gasteiger partial charge in [-0.1, -0.05) is 18.2 Å². The summed E-state index contributed by atoms with van der Waals surface area (Å²) in [7, 11) is 1.56. The molecule has 0 aliphatic rings. The number of rotatable bonds is 4. The number of anilines is 1. The predicted molar refractivity (Wildman–Crippen MR) is 92.3 cm³/mol. The highest BCUT2D eigenvalue weighted by molar-refractivity contribution is 5.93. The topological polar surface area (TPSA) is 73.2 Å². The third kappa shape index (κ3) is 2.99. The lowest BCUT2D eigenvalue weighted by Gasteiger charge is -2.15. The van der Waals surface area contributed by atoms with Gasteiger partial charge in [0.15, 0.2) is 0 Å². The Morgan fingerprint density at radius 1 is 1.21 bits per heavy atom. The lowest BCUT2D eigenvalue weighted by atomic mass is 10.2. The highest BCUT2D eigenvalue weighted by Gasteiger charge is 2.17. The average Bonchev–Trinajstić information content (AvgIpc) is 2.62. The Morgan fingerprint density at radius 3 is 2.79 bits per heavy atom. The van der Waals surface area contributed by atoms with E-state index in [1.165, 1.54) is 10.9 Å². The van der Waals surface area contributed by atoms with E-state index in [4.69, 9.17) is 4.74 Å². The van der Waals surface area contributed by atoms with Gasteiger partial charge in [0.05, 0.1) is 24.3 Å². The number of carbonyl (C=O) groups is 1. The summed E-state index contributed by atoms with van der Waals surface area (Å²) in [4.78, 5) is 29.3. The van der Waals surface area contributed by atoms with Gasteiger partial charge in [-0.3, -0.25) is 14.2 Å². The molecule has 3 aromatic rings. The number of hydrogen-bond donors (Lipinski definition) is 1. The molecule has 1 N–H and O–H groups in total. The van der Waals surface area contributed by atoms with Crippen LogP contribution in [-0.2, 0) is 4.79 Å². The summed E-state index contributed by atoms with van der Waals surface area (Å²) < 4.78 is 6.46. The maximum atomic E-state index is 12.6. The van der Waals surface area contributed by atoms with Crippen molar-refractivity contribution in [2.24, 2.45) is 0 Å². The molecule has 0 aliphatic heterocycles. The fraction of sp³-hybridized carbons (Fsp3) is 0.167. The van der Waals surface area contributed by atoms with E-state index < -0.39 is 6.04 Å². The standard InChI is InChI=1S/C18H17N3O3/c1-12(17(22)20-13-6-5-7-14(10-13)24-2)21-11-19-16-9-4-3-8-15(16)18(21)23/h3-12H,1-2H3,(H,20,22). The van der Waals surface area contributed by atoms with Crippen molar-refractivity contribution < 1.29 is 9.53 Å². The van der Waals surface area contributed by atoms with Gasteiger partial charge in [-0.15, -0.1) is 0 Å². The Balaban J connectivity index is 1.88. The Labute approximate surface area is 138 Å². The van der Waals surface area contributed by atoms with Crippen molar-refractivity contribution in [2.45, 2.75) is 13.0 Å². The molecule has 1 unspecified atom stereocenters. The van der Waals surface area contributed by atoms with Crippen molar-refractivity contribution in [1.29, 1.82) is 0 Å². The van der Waals surface area contributed by atoms with Gasteiger partial charge in [-0.25, -0.2) is 4.98 Å². The Kier molecular flexibility index (Phi) is 4.29. The monoisotopic (exact) mass is 323 g/mol. The quantitative estimate of drug-likeness (QED) is 0.801. The molecular formula is C18H17N3O3. The third-order valence-corrected chi connectivity index (χ3v) is 3.82. The van der Waals surface area contributed by atoms with E-state index in [2.05, 4.69) is 10.3 Å². The molecule has 0 fully saturated rings. The Bertz CT molecular complexity index is 949. The van der Waals surface area contributed by atoms with Crippen molar-refractivity contribution in [2.75, 3.05) is 12.4 Å². The van der Waals surface area contributed by atoms with Gasteiger partial charge in [0.2, 0.25) is 5.91 Å². The summed E-state index contributed by atoms with van der Waals surface area (Å²) in [5, 5.41) is 3.27. The van der Waals surface area contributed by atoms with Gasteiger partial charge in [0, 0.05) is 11.8 Å². The lowest BCUT2D eigenvalue weighted by molar-refractivity contribution is -0.118. The Hall–Kier alpha value is -3.15. The van der Waals surface area contributed by atoms with Crippen LogP contribution in [0.2, 0.25) is 0 Å². The van der Waals surface area contributed by atoms with E-state index in [-0.39, 0.29) is 11.5 Å². The zero-order valence-electron chi connectivity index (χ0n) is 13.4. The summed E-state index contributed by atoms with van der Waals surface area (Å²) in [6, 6.07) is 13.4. The van der Waals surface area contributed by atoms with E-state index in [0.29, 0.717) is 22.3 Å². The number of amides is 1. The number of aromatic nitrogens is 2. The van der Waals surface area contributed by atoms with E-state index in [1.807, 2.05) is 6.07 Å². The number of nitrogens with one attached hydrogen (secondary N) is 1. The van der Waals surface area contributed by atoms with Crippen LogP contribution < -0.4 is 15.6 Å². The molecule has 24 heavy (non-hydrogen) atoms. The van der Waals surface area contributed by atoms with Crippen LogP contribution in [0.15, 0.2) is 59.7 Å². The molecule has 2 aromatic carbocycles. The van der Waals surface area contributed by atoms with Crippen molar-refractivity contribution in [3.63, 3.8) is 0 Å². The zero-order valence-corrected chi connectivity index (χ0v) is 13.4. The molecule has 1 atom stereocenters. The lowest BCUT2D eigenvalue weighted by Crippen LogP contribution is -2.31. The first kappa shape index (κ1) is 15.7. The molecule has 1 amide bonds. The van der Waals surface area contributed by atoms with Gasteiger partial charge in [-0.2, -0.15) is 0 Å². The van der Waals surface area contributed by atoms with Crippen LogP contribution in [0.1, 0.15) is 13.0 Å². The van der Waals surface area contributed by atoms with E-state index in [0.717, 1.165) is 0 Å². The van der Waals surface area contributed by atoms with Crippen LogP contribution in [0.5, 0.6) is 5.75 Å². The molecule has 0 saturated carbocycles. The van der Waals surface area contributed by atoms with Crippen LogP contribution in [0.3, 0.4) is 0 Å². The Morgan fingerprint density at radius 2 is 2.00 bits per heavy atom. The molecule has 1 aromatic heterocycles. The SMILES string of the molecule is COc1cccc(NC(=O)C(C)n2cnc3ccccc3c2=O)c1. The predicted octanol–water partition coefficient (Wildman–Crippen LogP) is 2.60. The summed E-state index contributed by atoms with van der Waals surface area (Å²) >= 11 is 0. The largest absolute Gasteiger partial charge is 0.497 e. The van der Waals surface area contributed by atoms with Crippen molar-refractivity contribution >= 4 is 22.5 Å². The highest BCUT2D eigenvalue weighted by Crippen LogP contribution is 2.18. The molecule has 0 radical (unpaired) electrons. The second-order valence-electron chi connectivity index (χ2n) is 5.37. The molecular weight excluding hydrogens is 306 g/mol. The first-order valence-corrected chi connectivity index (χ1v) is 7.51. The number of benzene rings is 2. The van der Waals surface area contributed by atoms with Crippen molar-refractivity contribution in [3.8, 4) is 5.75 Å². The molecule has 3 rings (SSSR count). The van der Waals surface area contributed by atoms with E-state index in [9.17, 15) is 9.59 Å². The summed E-state index contributed by atoms with van der Waals surface area (Å²) in [5.41, 5.74) is 0.973. The summed E-state index contributed by atoms with van der Waals surface area (Å²) in [6.07, 6.45) is 1.40. The van der Waals surface area contributed by atoms with Crippen LogP contribution in [0.4, 0.5) is 5.69 Å². The minimum absolute atomic E-state index is 0.242. The smallest absolute Gasteiger partial charge is 0.261 e. The summed E-state index contributed by atoms with van der Waals surface area (Å²) in [5.74, 6) is 0.340. The number of hydrogen-bond acceptors (Lipinski definition) is 4. The fourth-order valence-corrected chi connectivity index (χ4v) is 2.43. The normalized spacial score (nSPS) is 11.9. The number of fused-ring (bicyclic) bond motifs is 1. The molecule has 6 nitrogen and oxygen atoms in total. The van der Waals surface area contributed by atoms with Crippen LogP contribution >= 0.6 is 0 Å². The van der Waals surface area contributed by atoms with Crippen LogP contribution in [-0.4, -0.2) is 22.6 Å². The van der Waals surface area contributed by atoms with E-state index in [1.54, 1.807) is 56.5 Å². The molecule has 0 saturated heterocycles. The molecule has 0 spiro atoms. The number of para-hydroxylation sites is 1. The number of ether oxygens (including phenoxy) is 1. The van der Waals surface area contributed by atoms with E-state index >= 15 is 0 Å². The third-order valence-electron chi connectivity index (χ3n) is 3.82.